The van der Waals surface area contributed by atoms with Crippen molar-refractivity contribution < 1.29 is 19.1 Å². The Kier molecular flexibility index (Phi) is 6.82. The van der Waals surface area contributed by atoms with Crippen LogP contribution < -0.4 is 15.4 Å². The summed E-state index contributed by atoms with van der Waals surface area (Å²) in [6, 6.07) is 15.6. The molecule has 0 saturated heterocycles. The third-order valence-corrected chi connectivity index (χ3v) is 3.70. The van der Waals surface area contributed by atoms with Crippen LogP contribution in [0.25, 0.3) is 0 Å². The molecule has 0 aliphatic rings. The third-order valence-electron chi connectivity index (χ3n) is 3.70. The SMILES string of the molecule is COc1ccccc1CNC(=O)C(NC(=O)OC(C)(C)C)c1ccccc1. The van der Waals surface area contributed by atoms with Crippen LogP contribution in [0.1, 0.15) is 37.9 Å². The van der Waals surface area contributed by atoms with E-state index < -0.39 is 17.7 Å². The maximum absolute atomic E-state index is 12.8. The summed E-state index contributed by atoms with van der Waals surface area (Å²) < 4.78 is 10.6. The van der Waals surface area contributed by atoms with E-state index >= 15 is 0 Å². The van der Waals surface area contributed by atoms with Crippen LogP contribution in [0.5, 0.6) is 5.75 Å². The third kappa shape index (κ3) is 6.33. The number of carbonyl (C=O) groups excluding carboxylic acids is 2. The summed E-state index contributed by atoms with van der Waals surface area (Å²) in [5, 5.41) is 5.50. The Morgan fingerprint density at radius 2 is 1.63 bits per heavy atom. The number of ether oxygens (including phenoxy) is 2. The Hall–Kier alpha value is -3.02. The molecule has 0 aliphatic heterocycles. The van der Waals surface area contributed by atoms with Gasteiger partial charge in [0.05, 0.1) is 7.11 Å². The summed E-state index contributed by atoms with van der Waals surface area (Å²) in [4.78, 5) is 25.0. The molecule has 0 spiro atoms. The molecule has 2 aromatic rings. The molecular weight excluding hydrogens is 344 g/mol. The lowest BCUT2D eigenvalue weighted by atomic mass is 10.1. The fraction of sp³-hybridized carbons (Fsp3) is 0.333. The van der Waals surface area contributed by atoms with Crippen molar-refractivity contribution in [3.8, 4) is 5.75 Å². The van der Waals surface area contributed by atoms with E-state index in [1.165, 1.54) is 0 Å². The fourth-order valence-corrected chi connectivity index (χ4v) is 2.50. The van der Waals surface area contributed by atoms with Gasteiger partial charge in [0.2, 0.25) is 5.91 Å². The van der Waals surface area contributed by atoms with E-state index in [1.807, 2.05) is 42.5 Å². The second-order valence-electron chi connectivity index (χ2n) is 7.02. The predicted octanol–water partition coefficient (Wildman–Crippen LogP) is 3.58. The molecule has 0 fully saturated rings. The van der Waals surface area contributed by atoms with Gasteiger partial charge in [-0.05, 0) is 32.4 Å². The van der Waals surface area contributed by atoms with Crippen LogP contribution in [-0.4, -0.2) is 24.7 Å². The van der Waals surface area contributed by atoms with Crippen LogP contribution >= 0.6 is 0 Å². The van der Waals surface area contributed by atoms with Crippen molar-refractivity contribution in [3.63, 3.8) is 0 Å². The van der Waals surface area contributed by atoms with Crippen molar-refractivity contribution in [2.45, 2.75) is 39.0 Å². The average molecular weight is 370 g/mol. The molecule has 6 heteroatoms. The van der Waals surface area contributed by atoms with E-state index in [2.05, 4.69) is 10.6 Å². The number of hydrogen-bond donors (Lipinski definition) is 2. The minimum Gasteiger partial charge on any atom is -0.496 e. The summed E-state index contributed by atoms with van der Waals surface area (Å²) in [7, 11) is 1.58. The molecule has 0 aromatic heterocycles. The number of methoxy groups -OCH3 is 1. The maximum atomic E-state index is 12.8. The van der Waals surface area contributed by atoms with E-state index in [9.17, 15) is 9.59 Å². The van der Waals surface area contributed by atoms with Gasteiger partial charge in [-0.25, -0.2) is 4.79 Å². The molecular formula is C21H26N2O4. The molecule has 0 saturated carbocycles. The first-order valence-corrected chi connectivity index (χ1v) is 8.74. The molecule has 0 heterocycles. The number of hydrogen-bond acceptors (Lipinski definition) is 4. The monoisotopic (exact) mass is 370 g/mol. The molecule has 6 nitrogen and oxygen atoms in total. The summed E-state index contributed by atoms with van der Waals surface area (Å²) in [5.41, 5.74) is 0.859. The normalized spacial score (nSPS) is 12.0. The maximum Gasteiger partial charge on any atom is 0.408 e. The summed E-state index contributed by atoms with van der Waals surface area (Å²) in [6.07, 6.45) is -0.649. The second-order valence-corrected chi connectivity index (χ2v) is 7.02. The topological polar surface area (TPSA) is 76.7 Å². The minimum absolute atomic E-state index is 0.280. The predicted molar refractivity (Wildman–Crippen MR) is 103 cm³/mol. The highest BCUT2D eigenvalue weighted by Crippen LogP contribution is 2.18. The first-order chi connectivity index (χ1) is 12.8. The first-order valence-electron chi connectivity index (χ1n) is 8.74. The van der Waals surface area contributed by atoms with Gasteiger partial charge in [0, 0.05) is 12.1 Å². The zero-order chi connectivity index (χ0) is 19.9. The van der Waals surface area contributed by atoms with Crippen molar-refractivity contribution in [2.75, 3.05) is 7.11 Å². The molecule has 2 amide bonds. The number of carbonyl (C=O) groups is 2. The second kappa shape index (κ2) is 9.07. The van der Waals surface area contributed by atoms with Gasteiger partial charge < -0.3 is 20.1 Å². The number of alkyl carbamates (subject to hydrolysis) is 1. The molecule has 0 bridgehead atoms. The van der Waals surface area contributed by atoms with Crippen molar-refractivity contribution >= 4 is 12.0 Å². The number of amides is 2. The van der Waals surface area contributed by atoms with Gasteiger partial charge in [-0.15, -0.1) is 0 Å². The Morgan fingerprint density at radius 3 is 2.26 bits per heavy atom. The van der Waals surface area contributed by atoms with E-state index in [4.69, 9.17) is 9.47 Å². The molecule has 0 aliphatic carbocycles. The van der Waals surface area contributed by atoms with Crippen LogP contribution in [-0.2, 0) is 16.1 Å². The summed E-state index contributed by atoms with van der Waals surface area (Å²) in [6.45, 7) is 5.59. The number of benzene rings is 2. The van der Waals surface area contributed by atoms with Crippen molar-refractivity contribution in [1.29, 1.82) is 0 Å². The number of para-hydroxylation sites is 1. The van der Waals surface area contributed by atoms with E-state index in [1.54, 1.807) is 40.0 Å². The van der Waals surface area contributed by atoms with E-state index in [0.717, 1.165) is 5.56 Å². The van der Waals surface area contributed by atoms with Crippen molar-refractivity contribution in [2.24, 2.45) is 0 Å². The van der Waals surface area contributed by atoms with Crippen LogP contribution in [0.3, 0.4) is 0 Å². The number of rotatable bonds is 6. The van der Waals surface area contributed by atoms with Gasteiger partial charge in [0.15, 0.2) is 0 Å². The Morgan fingerprint density at radius 1 is 1.00 bits per heavy atom. The molecule has 2 N–H and O–H groups in total. The van der Waals surface area contributed by atoms with Crippen LogP contribution in [0.2, 0.25) is 0 Å². The van der Waals surface area contributed by atoms with Crippen molar-refractivity contribution in [1.82, 2.24) is 10.6 Å². The van der Waals surface area contributed by atoms with Gasteiger partial charge in [0.25, 0.3) is 0 Å². The zero-order valence-electron chi connectivity index (χ0n) is 16.1. The van der Waals surface area contributed by atoms with Crippen LogP contribution in [0.4, 0.5) is 4.79 Å². The smallest absolute Gasteiger partial charge is 0.408 e. The van der Waals surface area contributed by atoms with Gasteiger partial charge in [-0.1, -0.05) is 48.5 Å². The lowest BCUT2D eigenvalue weighted by Crippen LogP contribution is -2.42. The standard InChI is InChI=1S/C21H26N2O4/c1-21(2,3)27-20(25)23-18(15-10-6-5-7-11-15)19(24)22-14-16-12-8-9-13-17(16)26-4/h5-13,18H,14H2,1-4H3,(H,22,24)(H,23,25). The quantitative estimate of drug-likeness (QED) is 0.815. The highest BCUT2D eigenvalue weighted by molar-refractivity contribution is 5.87. The molecule has 2 rings (SSSR count). The van der Waals surface area contributed by atoms with Crippen LogP contribution in [0.15, 0.2) is 54.6 Å². The summed E-state index contributed by atoms with van der Waals surface area (Å²) in [5.74, 6) is 0.354. The Balaban J connectivity index is 2.12. The van der Waals surface area contributed by atoms with Gasteiger partial charge >= 0.3 is 6.09 Å². The highest BCUT2D eigenvalue weighted by atomic mass is 16.6. The minimum atomic E-state index is -0.865. The lowest BCUT2D eigenvalue weighted by Gasteiger charge is -2.23. The fourth-order valence-electron chi connectivity index (χ4n) is 2.50. The highest BCUT2D eigenvalue weighted by Gasteiger charge is 2.25. The Bertz CT molecular complexity index is 769. The average Bonchev–Trinajstić information content (AvgIpc) is 2.63. The largest absolute Gasteiger partial charge is 0.496 e. The molecule has 2 aromatic carbocycles. The van der Waals surface area contributed by atoms with Crippen LogP contribution in [0, 0.1) is 0 Å². The van der Waals surface area contributed by atoms with E-state index in [-0.39, 0.29) is 12.5 Å². The Labute approximate surface area is 159 Å². The molecule has 0 radical (unpaired) electrons. The van der Waals surface area contributed by atoms with Gasteiger partial charge in [-0.2, -0.15) is 0 Å². The number of nitrogens with one attached hydrogen (secondary N) is 2. The molecule has 1 atom stereocenters. The van der Waals surface area contributed by atoms with Gasteiger partial charge in [0.1, 0.15) is 17.4 Å². The molecule has 144 valence electrons. The molecule has 27 heavy (non-hydrogen) atoms. The summed E-state index contributed by atoms with van der Waals surface area (Å²) >= 11 is 0. The van der Waals surface area contributed by atoms with E-state index in [0.29, 0.717) is 11.3 Å². The zero-order valence-corrected chi connectivity index (χ0v) is 16.1. The van der Waals surface area contributed by atoms with Gasteiger partial charge in [-0.3, -0.25) is 4.79 Å². The first kappa shape index (κ1) is 20.3. The lowest BCUT2D eigenvalue weighted by molar-refractivity contribution is -0.123. The molecule has 1 unspecified atom stereocenters. The van der Waals surface area contributed by atoms with Crippen molar-refractivity contribution in [3.05, 3.63) is 65.7 Å².